The Balaban J connectivity index is 2.45. The zero-order valence-corrected chi connectivity index (χ0v) is 11.8. The van der Waals surface area contributed by atoms with E-state index in [1.807, 2.05) is 0 Å². The molecule has 0 aliphatic heterocycles. The largest absolute Gasteiger partial charge is 0.326 e. The fraction of sp³-hybridized carbons (Fsp3) is 0.167. The molecule has 102 valence electrons. The smallest absolute Gasteiger partial charge is 0.265 e. The highest BCUT2D eigenvalue weighted by Gasteiger charge is 2.25. The standard InChI is InChI=1S/C12H13FN2O2S2/c1-15(10-4-2-3-9(13)7-10)19(16,17)12-5-6-18-11(12)8-14/h2-7H,8,14H2,1H3. The minimum atomic E-state index is -3.71. The molecule has 0 spiro atoms. The third kappa shape index (κ3) is 2.63. The molecule has 0 unspecified atom stereocenters. The molecule has 0 atom stereocenters. The van der Waals surface area contributed by atoms with Crippen LogP contribution in [0.4, 0.5) is 10.1 Å². The van der Waals surface area contributed by atoms with Gasteiger partial charge in [-0.1, -0.05) is 6.07 Å². The number of benzene rings is 1. The molecule has 2 rings (SSSR count). The molecule has 0 saturated carbocycles. The molecule has 1 aromatic carbocycles. The molecule has 0 aliphatic rings. The number of halogens is 1. The molecule has 0 bridgehead atoms. The van der Waals surface area contributed by atoms with Crippen LogP contribution >= 0.6 is 11.3 Å². The van der Waals surface area contributed by atoms with Gasteiger partial charge in [-0.05, 0) is 29.6 Å². The Morgan fingerprint density at radius 2 is 2.11 bits per heavy atom. The van der Waals surface area contributed by atoms with Crippen LogP contribution in [0.15, 0.2) is 40.6 Å². The Bertz CT molecular complexity index is 683. The lowest BCUT2D eigenvalue weighted by atomic mass is 10.3. The maximum atomic E-state index is 13.2. The first-order valence-electron chi connectivity index (χ1n) is 5.47. The van der Waals surface area contributed by atoms with Gasteiger partial charge in [-0.3, -0.25) is 4.31 Å². The molecule has 19 heavy (non-hydrogen) atoms. The van der Waals surface area contributed by atoms with Crippen molar-refractivity contribution >= 4 is 27.0 Å². The highest BCUT2D eigenvalue weighted by Crippen LogP contribution is 2.27. The second-order valence-electron chi connectivity index (χ2n) is 3.86. The van der Waals surface area contributed by atoms with Gasteiger partial charge in [0.25, 0.3) is 10.0 Å². The summed E-state index contributed by atoms with van der Waals surface area (Å²) < 4.78 is 39.1. The highest BCUT2D eigenvalue weighted by molar-refractivity contribution is 7.93. The van der Waals surface area contributed by atoms with Gasteiger partial charge in [0.1, 0.15) is 10.7 Å². The van der Waals surface area contributed by atoms with E-state index in [0.717, 1.165) is 4.31 Å². The summed E-state index contributed by atoms with van der Waals surface area (Å²) >= 11 is 1.29. The summed E-state index contributed by atoms with van der Waals surface area (Å²) in [4.78, 5) is 0.759. The van der Waals surface area contributed by atoms with Crippen molar-refractivity contribution < 1.29 is 12.8 Å². The van der Waals surface area contributed by atoms with Gasteiger partial charge in [-0.2, -0.15) is 0 Å². The molecule has 2 aromatic rings. The Hall–Kier alpha value is -1.44. The number of sulfonamides is 1. The average Bonchev–Trinajstić information content (AvgIpc) is 2.86. The highest BCUT2D eigenvalue weighted by atomic mass is 32.2. The summed E-state index contributed by atoms with van der Waals surface area (Å²) in [6, 6.07) is 6.95. The van der Waals surface area contributed by atoms with Gasteiger partial charge in [-0.15, -0.1) is 11.3 Å². The summed E-state index contributed by atoms with van der Waals surface area (Å²) in [6.07, 6.45) is 0. The van der Waals surface area contributed by atoms with Crippen molar-refractivity contribution in [1.29, 1.82) is 0 Å². The van der Waals surface area contributed by atoms with E-state index in [1.165, 1.54) is 48.7 Å². The zero-order chi connectivity index (χ0) is 14.0. The van der Waals surface area contributed by atoms with E-state index in [2.05, 4.69) is 0 Å². The molecular weight excluding hydrogens is 287 g/mol. The van der Waals surface area contributed by atoms with Gasteiger partial charge < -0.3 is 5.73 Å². The molecule has 1 aromatic heterocycles. The first kappa shape index (κ1) is 14.0. The lowest BCUT2D eigenvalue weighted by Crippen LogP contribution is -2.27. The zero-order valence-electron chi connectivity index (χ0n) is 10.2. The summed E-state index contributed by atoms with van der Waals surface area (Å²) in [5.41, 5.74) is 5.79. The van der Waals surface area contributed by atoms with Crippen LogP contribution < -0.4 is 10.0 Å². The number of nitrogens with two attached hydrogens (primary N) is 1. The average molecular weight is 300 g/mol. The van der Waals surface area contributed by atoms with Crippen molar-refractivity contribution in [2.75, 3.05) is 11.4 Å². The molecule has 4 nitrogen and oxygen atoms in total. The van der Waals surface area contributed by atoms with Crippen molar-refractivity contribution in [1.82, 2.24) is 0 Å². The fourth-order valence-electron chi connectivity index (χ4n) is 1.67. The fourth-order valence-corrected chi connectivity index (χ4v) is 4.16. The summed E-state index contributed by atoms with van der Waals surface area (Å²) in [5.74, 6) is -0.482. The number of nitrogens with zero attached hydrogens (tertiary/aromatic N) is 1. The van der Waals surface area contributed by atoms with E-state index in [0.29, 0.717) is 4.88 Å². The van der Waals surface area contributed by atoms with Crippen LogP contribution in [0.3, 0.4) is 0 Å². The van der Waals surface area contributed by atoms with Crippen molar-refractivity contribution in [2.45, 2.75) is 11.4 Å². The van der Waals surface area contributed by atoms with Crippen molar-refractivity contribution in [3.63, 3.8) is 0 Å². The maximum absolute atomic E-state index is 13.2. The van der Waals surface area contributed by atoms with E-state index in [4.69, 9.17) is 5.73 Å². The normalized spacial score (nSPS) is 11.5. The molecule has 0 radical (unpaired) electrons. The summed E-state index contributed by atoms with van der Waals surface area (Å²) in [5, 5.41) is 1.68. The Kier molecular flexibility index (Phi) is 3.88. The van der Waals surface area contributed by atoms with Crippen LogP contribution in [0.25, 0.3) is 0 Å². The molecule has 0 saturated heterocycles. The van der Waals surface area contributed by atoms with Gasteiger partial charge in [0, 0.05) is 18.5 Å². The third-order valence-electron chi connectivity index (χ3n) is 2.70. The van der Waals surface area contributed by atoms with E-state index in [1.54, 1.807) is 5.38 Å². The van der Waals surface area contributed by atoms with Gasteiger partial charge in [0.05, 0.1) is 5.69 Å². The van der Waals surface area contributed by atoms with Gasteiger partial charge in [0.15, 0.2) is 0 Å². The minimum absolute atomic E-state index is 0.156. The number of anilines is 1. The molecule has 0 amide bonds. The van der Waals surface area contributed by atoms with E-state index in [9.17, 15) is 12.8 Å². The van der Waals surface area contributed by atoms with Gasteiger partial charge in [-0.25, -0.2) is 12.8 Å². The van der Waals surface area contributed by atoms with Crippen LogP contribution in [0.1, 0.15) is 4.88 Å². The number of hydrogen-bond donors (Lipinski definition) is 1. The van der Waals surface area contributed by atoms with Gasteiger partial charge in [0.2, 0.25) is 0 Å². The van der Waals surface area contributed by atoms with Crippen LogP contribution in [0.5, 0.6) is 0 Å². The third-order valence-corrected chi connectivity index (χ3v) is 5.64. The van der Waals surface area contributed by atoms with Crippen LogP contribution in [-0.2, 0) is 16.6 Å². The first-order valence-corrected chi connectivity index (χ1v) is 7.79. The number of rotatable bonds is 4. The van der Waals surface area contributed by atoms with Crippen molar-refractivity contribution in [3.8, 4) is 0 Å². The topological polar surface area (TPSA) is 63.4 Å². The van der Waals surface area contributed by atoms with E-state index >= 15 is 0 Å². The molecule has 2 N–H and O–H groups in total. The van der Waals surface area contributed by atoms with E-state index in [-0.39, 0.29) is 17.1 Å². The Labute approximate surface area is 115 Å². The second kappa shape index (κ2) is 5.28. The van der Waals surface area contributed by atoms with Crippen LogP contribution in [-0.4, -0.2) is 15.5 Å². The number of thiophene rings is 1. The monoisotopic (exact) mass is 300 g/mol. The molecule has 7 heteroatoms. The lowest BCUT2D eigenvalue weighted by Gasteiger charge is -2.19. The Morgan fingerprint density at radius 1 is 1.37 bits per heavy atom. The SMILES string of the molecule is CN(c1cccc(F)c1)S(=O)(=O)c1ccsc1CN. The van der Waals surface area contributed by atoms with E-state index < -0.39 is 15.8 Å². The molecule has 1 heterocycles. The van der Waals surface area contributed by atoms with Crippen LogP contribution in [0.2, 0.25) is 0 Å². The predicted octanol–water partition coefficient (Wildman–Crippen LogP) is 2.17. The van der Waals surface area contributed by atoms with Crippen molar-refractivity contribution in [2.24, 2.45) is 5.73 Å². The summed E-state index contributed by atoms with van der Waals surface area (Å²) in [6.45, 7) is 0.156. The maximum Gasteiger partial charge on any atom is 0.265 e. The quantitative estimate of drug-likeness (QED) is 0.941. The first-order chi connectivity index (χ1) is 8.96. The second-order valence-corrected chi connectivity index (χ2v) is 6.80. The van der Waals surface area contributed by atoms with Crippen molar-refractivity contribution in [3.05, 3.63) is 46.4 Å². The minimum Gasteiger partial charge on any atom is -0.326 e. The molecule has 0 fully saturated rings. The van der Waals surface area contributed by atoms with Crippen LogP contribution in [0, 0.1) is 5.82 Å². The Morgan fingerprint density at radius 3 is 2.74 bits per heavy atom. The molecule has 0 aliphatic carbocycles. The van der Waals surface area contributed by atoms with Gasteiger partial charge >= 0.3 is 0 Å². The summed E-state index contributed by atoms with van der Waals surface area (Å²) in [7, 11) is -2.32. The lowest BCUT2D eigenvalue weighted by molar-refractivity contribution is 0.593. The molecular formula is C12H13FN2O2S2. The predicted molar refractivity (Wildman–Crippen MR) is 74.2 cm³/mol. The number of hydrogen-bond acceptors (Lipinski definition) is 4.